The molecule has 0 saturated carbocycles. The summed E-state index contributed by atoms with van der Waals surface area (Å²) in [5.74, 6) is 0.858. The first-order valence-electron chi connectivity index (χ1n) is 8.22. The van der Waals surface area contributed by atoms with E-state index < -0.39 is 0 Å². The summed E-state index contributed by atoms with van der Waals surface area (Å²) in [7, 11) is 4.49. The fourth-order valence-electron chi connectivity index (χ4n) is 2.53. The number of amides is 1. The molecule has 0 saturated heterocycles. The Kier molecular flexibility index (Phi) is 6.33. The third-order valence-corrected chi connectivity index (χ3v) is 4.97. The van der Waals surface area contributed by atoms with Gasteiger partial charge in [-0.05, 0) is 29.8 Å². The summed E-state index contributed by atoms with van der Waals surface area (Å²) in [4.78, 5) is 12.6. The van der Waals surface area contributed by atoms with Crippen molar-refractivity contribution in [2.75, 3.05) is 26.6 Å². The van der Waals surface area contributed by atoms with Crippen LogP contribution in [0.3, 0.4) is 0 Å². The lowest BCUT2D eigenvalue weighted by Gasteiger charge is -2.13. The SMILES string of the molecule is COc1cc(C(=O)Nc2nnc(Cc3ccc(Cl)cc3)s2)cc(OC)c1OC. The predicted molar refractivity (Wildman–Crippen MR) is 108 cm³/mol. The Morgan fingerprint density at radius 1 is 1.04 bits per heavy atom. The smallest absolute Gasteiger partial charge is 0.257 e. The van der Waals surface area contributed by atoms with E-state index >= 15 is 0 Å². The number of carbonyl (C=O) groups is 1. The van der Waals surface area contributed by atoms with E-state index in [0.29, 0.717) is 39.4 Å². The van der Waals surface area contributed by atoms with Gasteiger partial charge in [0, 0.05) is 17.0 Å². The molecule has 1 amide bonds. The standard InChI is InChI=1S/C19H18ClN3O4S/c1-25-14-9-12(10-15(26-2)17(14)27-3)18(24)21-19-23-22-16(28-19)8-11-4-6-13(20)7-5-11/h4-7,9-10H,8H2,1-3H3,(H,21,23,24). The molecule has 0 aliphatic rings. The quantitative estimate of drug-likeness (QED) is 0.621. The van der Waals surface area contributed by atoms with Gasteiger partial charge in [-0.25, -0.2) is 0 Å². The molecule has 2 aromatic carbocycles. The van der Waals surface area contributed by atoms with E-state index in [1.165, 1.54) is 32.7 Å². The molecule has 0 aliphatic heterocycles. The van der Waals surface area contributed by atoms with Crippen LogP contribution >= 0.6 is 22.9 Å². The summed E-state index contributed by atoms with van der Waals surface area (Å²) in [6, 6.07) is 10.7. The second-order valence-corrected chi connectivity index (χ2v) is 7.17. The van der Waals surface area contributed by atoms with Crippen molar-refractivity contribution in [2.24, 2.45) is 0 Å². The number of ether oxygens (including phenoxy) is 3. The van der Waals surface area contributed by atoms with Crippen molar-refractivity contribution in [3.05, 3.63) is 57.6 Å². The molecule has 0 unspecified atom stereocenters. The molecule has 7 nitrogen and oxygen atoms in total. The highest BCUT2D eigenvalue weighted by atomic mass is 35.5. The molecule has 0 bridgehead atoms. The van der Waals surface area contributed by atoms with Crippen LogP contribution in [0.15, 0.2) is 36.4 Å². The average molecular weight is 420 g/mol. The van der Waals surface area contributed by atoms with Gasteiger partial charge < -0.3 is 14.2 Å². The van der Waals surface area contributed by atoms with Gasteiger partial charge in [0.2, 0.25) is 10.9 Å². The van der Waals surface area contributed by atoms with Crippen molar-refractivity contribution in [2.45, 2.75) is 6.42 Å². The predicted octanol–water partition coefficient (Wildman–Crippen LogP) is 4.06. The first-order valence-corrected chi connectivity index (χ1v) is 9.41. The molecule has 28 heavy (non-hydrogen) atoms. The summed E-state index contributed by atoms with van der Waals surface area (Å²) in [5.41, 5.74) is 1.41. The molecule has 146 valence electrons. The third-order valence-electron chi connectivity index (χ3n) is 3.88. The van der Waals surface area contributed by atoms with E-state index in [2.05, 4.69) is 15.5 Å². The van der Waals surface area contributed by atoms with Crippen LogP contribution < -0.4 is 19.5 Å². The van der Waals surface area contributed by atoms with E-state index in [4.69, 9.17) is 25.8 Å². The zero-order valence-corrected chi connectivity index (χ0v) is 17.1. The molecular weight excluding hydrogens is 402 g/mol. The van der Waals surface area contributed by atoms with Crippen LogP contribution in [0.25, 0.3) is 0 Å². The Labute approximate surface area is 171 Å². The number of nitrogens with one attached hydrogen (secondary N) is 1. The van der Waals surface area contributed by atoms with Gasteiger partial charge in [0.05, 0.1) is 21.3 Å². The van der Waals surface area contributed by atoms with Crippen molar-refractivity contribution in [1.29, 1.82) is 0 Å². The highest BCUT2D eigenvalue weighted by Crippen LogP contribution is 2.38. The third kappa shape index (κ3) is 4.52. The lowest BCUT2D eigenvalue weighted by atomic mass is 10.1. The number of methoxy groups -OCH3 is 3. The number of hydrogen-bond donors (Lipinski definition) is 1. The first-order chi connectivity index (χ1) is 13.5. The number of benzene rings is 2. The van der Waals surface area contributed by atoms with Gasteiger partial charge >= 0.3 is 0 Å². The van der Waals surface area contributed by atoms with Crippen molar-refractivity contribution in [1.82, 2.24) is 10.2 Å². The number of anilines is 1. The normalized spacial score (nSPS) is 10.4. The molecule has 0 fully saturated rings. The summed E-state index contributed by atoms with van der Waals surface area (Å²) < 4.78 is 15.8. The molecule has 0 aliphatic carbocycles. The van der Waals surface area contributed by atoms with Crippen LogP contribution in [0.2, 0.25) is 5.02 Å². The molecule has 0 radical (unpaired) electrons. The van der Waals surface area contributed by atoms with Gasteiger partial charge in [0.25, 0.3) is 5.91 Å². The number of hydrogen-bond acceptors (Lipinski definition) is 7. The molecule has 1 aromatic heterocycles. The van der Waals surface area contributed by atoms with Crippen LogP contribution in [0.5, 0.6) is 17.2 Å². The number of aromatic nitrogens is 2. The molecule has 0 spiro atoms. The van der Waals surface area contributed by atoms with Crippen LogP contribution in [0.1, 0.15) is 20.9 Å². The fraction of sp³-hybridized carbons (Fsp3) is 0.211. The van der Waals surface area contributed by atoms with Gasteiger partial charge in [0.1, 0.15) is 5.01 Å². The van der Waals surface area contributed by atoms with Gasteiger partial charge in [-0.2, -0.15) is 0 Å². The molecular formula is C19H18ClN3O4S. The Bertz CT molecular complexity index is 951. The molecule has 1 heterocycles. The second-order valence-electron chi connectivity index (χ2n) is 5.67. The minimum atomic E-state index is -0.353. The molecule has 3 rings (SSSR count). The highest BCUT2D eigenvalue weighted by Gasteiger charge is 2.18. The topological polar surface area (TPSA) is 82.6 Å². The molecule has 1 N–H and O–H groups in total. The minimum absolute atomic E-state index is 0.351. The molecule has 0 atom stereocenters. The summed E-state index contributed by atoms with van der Waals surface area (Å²) >= 11 is 7.21. The van der Waals surface area contributed by atoms with Gasteiger partial charge in [-0.1, -0.05) is 35.1 Å². The zero-order valence-electron chi connectivity index (χ0n) is 15.5. The van der Waals surface area contributed by atoms with E-state index in [1.54, 1.807) is 12.1 Å². The number of rotatable bonds is 7. The van der Waals surface area contributed by atoms with Crippen LogP contribution in [0.4, 0.5) is 5.13 Å². The molecule has 3 aromatic rings. The maximum absolute atomic E-state index is 12.6. The average Bonchev–Trinajstić information content (AvgIpc) is 3.15. The fourth-order valence-corrected chi connectivity index (χ4v) is 3.43. The largest absolute Gasteiger partial charge is 0.493 e. The van der Waals surface area contributed by atoms with E-state index in [0.717, 1.165) is 10.6 Å². The van der Waals surface area contributed by atoms with E-state index in [9.17, 15) is 4.79 Å². The van der Waals surface area contributed by atoms with Crippen LogP contribution in [-0.2, 0) is 6.42 Å². The lowest BCUT2D eigenvalue weighted by Crippen LogP contribution is -2.12. The maximum atomic E-state index is 12.6. The Morgan fingerprint density at radius 3 is 2.25 bits per heavy atom. The van der Waals surface area contributed by atoms with Crippen LogP contribution in [-0.4, -0.2) is 37.4 Å². The Morgan fingerprint density at radius 2 is 1.68 bits per heavy atom. The number of carbonyl (C=O) groups excluding carboxylic acids is 1. The highest BCUT2D eigenvalue weighted by molar-refractivity contribution is 7.15. The van der Waals surface area contributed by atoms with Crippen molar-refractivity contribution in [3.8, 4) is 17.2 Å². The Balaban J connectivity index is 1.74. The summed E-state index contributed by atoms with van der Waals surface area (Å²) in [6.45, 7) is 0. The molecule has 9 heteroatoms. The summed E-state index contributed by atoms with van der Waals surface area (Å²) in [5, 5.41) is 12.8. The van der Waals surface area contributed by atoms with Gasteiger partial charge in [0.15, 0.2) is 11.5 Å². The zero-order chi connectivity index (χ0) is 20.1. The number of halogens is 1. The van der Waals surface area contributed by atoms with Crippen molar-refractivity contribution >= 4 is 34.0 Å². The second kappa shape index (κ2) is 8.90. The van der Waals surface area contributed by atoms with E-state index in [1.807, 2.05) is 24.3 Å². The van der Waals surface area contributed by atoms with Crippen molar-refractivity contribution < 1.29 is 19.0 Å². The van der Waals surface area contributed by atoms with Crippen LogP contribution in [0, 0.1) is 0 Å². The number of nitrogens with zero attached hydrogens (tertiary/aromatic N) is 2. The minimum Gasteiger partial charge on any atom is -0.493 e. The van der Waals surface area contributed by atoms with E-state index in [-0.39, 0.29) is 5.91 Å². The van der Waals surface area contributed by atoms with Gasteiger partial charge in [-0.3, -0.25) is 10.1 Å². The van der Waals surface area contributed by atoms with Crippen molar-refractivity contribution in [3.63, 3.8) is 0 Å². The first kappa shape index (κ1) is 19.9. The lowest BCUT2D eigenvalue weighted by molar-refractivity contribution is 0.102. The maximum Gasteiger partial charge on any atom is 0.257 e. The monoisotopic (exact) mass is 419 g/mol. The Hall–Kier alpha value is -2.84. The summed E-state index contributed by atoms with van der Waals surface area (Å²) in [6.07, 6.45) is 0.606. The van der Waals surface area contributed by atoms with Gasteiger partial charge in [-0.15, -0.1) is 10.2 Å².